The average molecular weight is 145 g/mol. The second kappa shape index (κ2) is 4.65. The molecule has 0 aromatic heterocycles. The fourth-order valence-electron chi connectivity index (χ4n) is 0.341. The van der Waals surface area contributed by atoms with Crippen LogP contribution in [0.5, 0.6) is 0 Å². The number of rotatable bonds is 0. The van der Waals surface area contributed by atoms with Gasteiger partial charge in [0, 0.05) is 13.1 Å². The minimum Gasteiger partial charge on any atom is -0.269 e. The summed E-state index contributed by atoms with van der Waals surface area (Å²) in [6, 6.07) is 0. The van der Waals surface area contributed by atoms with Crippen LogP contribution >= 0.6 is 24.8 Å². The van der Waals surface area contributed by atoms with Crippen molar-refractivity contribution >= 4 is 24.8 Å². The summed E-state index contributed by atoms with van der Waals surface area (Å²) in [5.74, 6) is 5.21. The van der Waals surface area contributed by atoms with Crippen molar-refractivity contribution in [3.8, 4) is 0 Å². The second-order valence-corrected chi connectivity index (χ2v) is 1.39. The molecular formula is C3H10Cl2N2. The van der Waals surface area contributed by atoms with Crippen LogP contribution in [0.15, 0.2) is 0 Å². The summed E-state index contributed by atoms with van der Waals surface area (Å²) in [4.78, 5) is 0. The minimum atomic E-state index is 0. The van der Waals surface area contributed by atoms with Gasteiger partial charge in [0.15, 0.2) is 0 Å². The second-order valence-electron chi connectivity index (χ2n) is 1.39. The molecule has 2 N–H and O–H groups in total. The van der Waals surface area contributed by atoms with Gasteiger partial charge in [0.2, 0.25) is 0 Å². The maximum absolute atomic E-state index is 5.21. The first kappa shape index (κ1) is 10.5. The zero-order chi connectivity index (χ0) is 3.70. The normalized spacial score (nSPS) is 18.4. The molecule has 0 aliphatic carbocycles. The molecule has 0 unspecified atom stereocenters. The highest BCUT2D eigenvalue weighted by Gasteiger charge is 2.05. The van der Waals surface area contributed by atoms with Crippen LogP contribution in [-0.4, -0.2) is 18.1 Å². The first-order valence-electron chi connectivity index (χ1n) is 1.89. The smallest absolute Gasteiger partial charge is 0.0141 e. The molecule has 46 valence electrons. The van der Waals surface area contributed by atoms with Crippen molar-refractivity contribution in [2.75, 3.05) is 13.1 Å². The van der Waals surface area contributed by atoms with Gasteiger partial charge in [-0.05, 0) is 6.42 Å². The highest BCUT2D eigenvalue weighted by Crippen LogP contribution is 1.95. The average Bonchev–Trinajstić information content (AvgIpc) is 1.30. The van der Waals surface area contributed by atoms with Crippen LogP contribution in [0, 0.1) is 0 Å². The number of nitrogens with zero attached hydrogens (tertiary/aromatic N) is 1. The largest absolute Gasteiger partial charge is 0.269 e. The van der Waals surface area contributed by atoms with Crippen molar-refractivity contribution in [3.05, 3.63) is 0 Å². The van der Waals surface area contributed by atoms with Gasteiger partial charge in [0.1, 0.15) is 0 Å². The van der Waals surface area contributed by atoms with Crippen molar-refractivity contribution in [1.82, 2.24) is 5.01 Å². The maximum Gasteiger partial charge on any atom is 0.0141 e. The summed E-state index contributed by atoms with van der Waals surface area (Å²) in [5, 5.41) is 1.81. The Morgan fingerprint density at radius 3 is 1.43 bits per heavy atom. The number of hydrazine groups is 1. The molecule has 0 radical (unpaired) electrons. The van der Waals surface area contributed by atoms with Gasteiger partial charge in [0.05, 0.1) is 0 Å². The molecule has 0 aromatic rings. The van der Waals surface area contributed by atoms with E-state index in [1.54, 1.807) is 5.01 Å². The fraction of sp³-hybridized carbons (Fsp3) is 1.00. The molecule has 1 saturated heterocycles. The van der Waals surface area contributed by atoms with E-state index in [0.29, 0.717) is 0 Å². The predicted molar refractivity (Wildman–Crippen MR) is 34.9 cm³/mol. The van der Waals surface area contributed by atoms with Crippen molar-refractivity contribution < 1.29 is 0 Å². The third-order valence-corrected chi connectivity index (χ3v) is 0.891. The zero-order valence-corrected chi connectivity index (χ0v) is 5.60. The molecule has 0 amide bonds. The van der Waals surface area contributed by atoms with Crippen molar-refractivity contribution in [2.45, 2.75) is 6.42 Å². The quantitative estimate of drug-likeness (QED) is 0.500. The van der Waals surface area contributed by atoms with Crippen LogP contribution in [0.25, 0.3) is 0 Å². The van der Waals surface area contributed by atoms with Crippen molar-refractivity contribution in [2.24, 2.45) is 5.84 Å². The molecule has 1 heterocycles. The third-order valence-electron chi connectivity index (χ3n) is 0.891. The first-order valence-corrected chi connectivity index (χ1v) is 1.89. The molecule has 1 aliphatic heterocycles. The predicted octanol–water partition coefficient (Wildman–Crippen LogP) is 0.409. The third kappa shape index (κ3) is 3.12. The van der Waals surface area contributed by atoms with Crippen LogP contribution in [0.3, 0.4) is 0 Å². The van der Waals surface area contributed by atoms with Crippen LogP contribution < -0.4 is 5.84 Å². The molecule has 1 rings (SSSR count). The van der Waals surface area contributed by atoms with E-state index in [4.69, 9.17) is 5.84 Å². The van der Waals surface area contributed by atoms with Crippen molar-refractivity contribution in [1.29, 1.82) is 0 Å². The number of halogens is 2. The van der Waals surface area contributed by atoms with E-state index in [2.05, 4.69) is 0 Å². The minimum absolute atomic E-state index is 0. The number of hydrogen-bond donors (Lipinski definition) is 1. The number of nitrogens with two attached hydrogens (primary N) is 1. The monoisotopic (exact) mass is 144 g/mol. The summed E-state index contributed by atoms with van der Waals surface area (Å²) in [6.07, 6.45) is 1.29. The van der Waals surface area contributed by atoms with Gasteiger partial charge in [-0.3, -0.25) is 5.84 Å². The van der Waals surface area contributed by atoms with Crippen LogP contribution in [-0.2, 0) is 0 Å². The van der Waals surface area contributed by atoms with E-state index in [-0.39, 0.29) is 24.8 Å². The molecular weight excluding hydrogens is 135 g/mol. The Labute approximate surface area is 55.8 Å². The zero-order valence-electron chi connectivity index (χ0n) is 3.96. The number of hydrogen-bond acceptors (Lipinski definition) is 2. The van der Waals surface area contributed by atoms with Crippen molar-refractivity contribution in [3.63, 3.8) is 0 Å². The summed E-state index contributed by atoms with van der Waals surface area (Å²) in [5.41, 5.74) is 0. The highest BCUT2D eigenvalue weighted by atomic mass is 35.5. The molecule has 4 heteroatoms. The summed E-state index contributed by atoms with van der Waals surface area (Å²) >= 11 is 0. The Balaban J connectivity index is 0. The molecule has 0 spiro atoms. The molecule has 0 atom stereocenters. The van der Waals surface area contributed by atoms with Gasteiger partial charge in [-0.15, -0.1) is 24.8 Å². The van der Waals surface area contributed by atoms with Gasteiger partial charge in [0.25, 0.3) is 0 Å². The summed E-state index contributed by atoms with van der Waals surface area (Å²) in [6.45, 7) is 2.19. The highest BCUT2D eigenvalue weighted by molar-refractivity contribution is 5.85. The Morgan fingerprint density at radius 1 is 1.14 bits per heavy atom. The van der Waals surface area contributed by atoms with E-state index in [1.165, 1.54) is 6.42 Å². The Bertz CT molecular complexity index is 37.9. The lowest BCUT2D eigenvalue weighted by Crippen LogP contribution is -2.42. The molecule has 0 aromatic carbocycles. The van der Waals surface area contributed by atoms with Crippen LogP contribution in [0.1, 0.15) is 6.42 Å². The van der Waals surface area contributed by atoms with Gasteiger partial charge >= 0.3 is 0 Å². The lowest BCUT2D eigenvalue weighted by Gasteiger charge is -2.24. The van der Waals surface area contributed by atoms with Gasteiger partial charge < -0.3 is 0 Å². The SMILES string of the molecule is Cl.Cl.NN1CCC1. The maximum atomic E-state index is 5.21. The fourth-order valence-corrected chi connectivity index (χ4v) is 0.341. The Kier molecular flexibility index (Phi) is 6.96. The summed E-state index contributed by atoms with van der Waals surface area (Å²) < 4.78 is 0. The van der Waals surface area contributed by atoms with E-state index in [0.717, 1.165) is 13.1 Å². The van der Waals surface area contributed by atoms with Gasteiger partial charge in [-0.2, -0.15) is 0 Å². The topological polar surface area (TPSA) is 29.3 Å². The first-order chi connectivity index (χ1) is 2.39. The van der Waals surface area contributed by atoms with Gasteiger partial charge in [-0.1, -0.05) is 0 Å². The summed E-state index contributed by atoms with van der Waals surface area (Å²) in [7, 11) is 0. The van der Waals surface area contributed by atoms with Crippen LogP contribution in [0.2, 0.25) is 0 Å². The molecule has 2 nitrogen and oxygen atoms in total. The van der Waals surface area contributed by atoms with E-state index in [1.807, 2.05) is 0 Å². The molecule has 7 heavy (non-hydrogen) atoms. The standard InChI is InChI=1S/C3H8N2.2ClH/c4-5-2-1-3-5;;/h1-4H2;2*1H. The van der Waals surface area contributed by atoms with Gasteiger partial charge in [-0.25, -0.2) is 5.01 Å². The molecule has 1 fully saturated rings. The lowest BCUT2D eigenvalue weighted by molar-refractivity contribution is 0.186. The lowest BCUT2D eigenvalue weighted by atomic mass is 10.3. The Hall–Kier alpha value is 0.500. The molecule has 0 saturated carbocycles. The van der Waals surface area contributed by atoms with E-state index < -0.39 is 0 Å². The van der Waals surface area contributed by atoms with E-state index in [9.17, 15) is 0 Å². The van der Waals surface area contributed by atoms with E-state index >= 15 is 0 Å². The molecule has 0 bridgehead atoms. The molecule has 1 aliphatic rings. The van der Waals surface area contributed by atoms with Crippen LogP contribution in [0.4, 0.5) is 0 Å². The Morgan fingerprint density at radius 2 is 1.43 bits per heavy atom.